The van der Waals surface area contributed by atoms with Gasteiger partial charge in [-0.2, -0.15) is 0 Å². The second-order valence-corrected chi connectivity index (χ2v) is 7.17. The monoisotopic (exact) mass is 387 g/mol. The highest BCUT2D eigenvalue weighted by Gasteiger charge is 2.21. The molecule has 1 aromatic rings. The number of allylic oxidation sites excluding steroid dienone is 2. The lowest BCUT2D eigenvalue weighted by atomic mass is 10.0. The van der Waals surface area contributed by atoms with Gasteiger partial charge >= 0.3 is 5.97 Å². The number of carbonyl (C=O) groups is 2. The summed E-state index contributed by atoms with van der Waals surface area (Å²) in [5.41, 5.74) is 1.57. The fraction of sp³-hybridized carbons (Fsp3) is 0.455. The molecule has 1 atom stereocenters. The van der Waals surface area contributed by atoms with Gasteiger partial charge in [0.15, 0.2) is 12.0 Å². The van der Waals surface area contributed by atoms with Crippen molar-refractivity contribution in [2.45, 2.75) is 44.7 Å². The maximum Gasteiger partial charge on any atom is 0.342 e. The largest absolute Gasteiger partial charge is 0.507 e. The number of phenolic OH excluding ortho intramolecular Hbond substituents is 1. The Morgan fingerprint density at radius 2 is 1.86 bits per heavy atom. The molecule has 5 nitrogen and oxygen atoms in total. The smallest absolute Gasteiger partial charge is 0.342 e. The zero-order valence-corrected chi connectivity index (χ0v) is 15.9. The van der Waals surface area contributed by atoms with E-state index in [4.69, 9.17) is 4.74 Å². The Kier molecular flexibility index (Phi) is 6.85. The number of anilines is 1. The summed E-state index contributed by atoms with van der Waals surface area (Å²) >= 11 is 0. The van der Waals surface area contributed by atoms with E-state index >= 15 is 0 Å². The molecule has 0 saturated carbocycles. The van der Waals surface area contributed by atoms with E-state index in [-0.39, 0.29) is 24.3 Å². The lowest BCUT2D eigenvalue weighted by molar-refractivity contribution is -0.122. The van der Waals surface area contributed by atoms with E-state index in [0.29, 0.717) is 18.4 Å². The lowest BCUT2D eigenvalue weighted by Gasteiger charge is -2.29. The summed E-state index contributed by atoms with van der Waals surface area (Å²) < 4.78 is 18.9. The van der Waals surface area contributed by atoms with Gasteiger partial charge in [-0.15, -0.1) is 0 Å². The molecular formula is C22H26FNO4. The summed E-state index contributed by atoms with van der Waals surface area (Å²) in [5.74, 6) is -1.27. The number of aromatic hydroxyl groups is 1. The molecule has 2 heterocycles. The maximum absolute atomic E-state index is 13.7. The van der Waals surface area contributed by atoms with Crippen molar-refractivity contribution < 1.29 is 23.8 Å². The van der Waals surface area contributed by atoms with Crippen LogP contribution in [0.3, 0.4) is 0 Å². The SMILES string of the molecule is O=C1OCC=CC(F)C(=O)CCCC=Cc2cc(N3CCCCC3)cc(O)c21. The van der Waals surface area contributed by atoms with Crippen LogP contribution in [0.1, 0.15) is 54.4 Å². The van der Waals surface area contributed by atoms with Gasteiger partial charge in [0.25, 0.3) is 0 Å². The molecule has 0 aliphatic carbocycles. The van der Waals surface area contributed by atoms with Crippen LogP contribution in [-0.4, -0.2) is 42.7 Å². The van der Waals surface area contributed by atoms with Crippen LogP contribution in [0.25, 0.3) is 6.08 Å². The number of cyclic esters (lactones) is 1. The molecule has 28 heavy (non-hydrogen) atoms. The number of benzene rings is 1. The quantitative estimate of drug-likeness (QED) is 0.578. The van der Waals surface area contributed by atoms with Crippen LogP contribution < -0.4 is 4.90 Å². The predicted molar refractivity (Wildman–Crippen MR) is 106 cm³/mol. The first-order valence-corrected chi connectivity index (χ1v) is 9.85. The van der Waals surface area contributed by atoms with Crippen molar-refractivity contribution >= 4 is 23.5 Å². The zero-order valence-electron chi connectivity index (χ0n) is 15.9. The van der Waals surface area contributed by atoms with E-state index in [0.717, 1.165) is 37.7 Å². The second kappa shape index (κ2) is 9.53. The van der Waals surface area contributed by atoms with Crippen molar-refractivity contribution in [1.29, 1.82) is 0 Å². The summed E-state index contributed by atoms with van der Waals surface area (Å²) in [4.78, 5) is 26.4. The van der Waals surface area contributed by atoms with Gasteiger partial charge in [-0.25, -0.2) is 9.18 Å². The Morgan fingerprint density at radius 3 is 2.64 bits per heavy atom. The number of nitrogens with zero attached hydrogens (tertiary/aromatic N) is 1. The molecule has 6 heteroatoms. The highest BCUT2D eigenvalue weighted by Crippen LogP contribution is 2.32. The van der Waals surface area contributed by atoms with E-state index in [1.165, 1.54) is 12.5 Å². The van der Waals surface area contributed by atoms with Crippen LogP contribution in [-0.2, 0) is 9.53 Å². The van der Waals surface area contributed by atoms with Gasteiger partial charge in [-0.05, 0) is 55.9 Å². The van der Waals surface area contributed by atoms with Gasteiger partial charge in [0, 0.05) is 31.3 Å². The third-order valence-corrected chi connectivity index (χ3v) is 5.07. The molecule has 1 fully saturated rings. The number of alkyl halides is 1. The van der Waals surface area contributed by atoms with E-state index < -0.39 is 17.9 Å². The number of ketones is 1. The minimum absolute atomic E-state index is 0.107. The molecular weight excluding hydrogens is 361 g/mol. The molecule has 1 saturated heterocycles. The molecule has 1 aromatic carbocycles. The van der Waals surface area contributed by atoms with Gasteiger partial charge < -0.3 is 14.7 Å². The number of carbonyl (C=O) groups excluding carboxylic acids is 2. The highest BCUT2D eigenvalue weighted by molar-refractivity contribution is 5.97. The van der Waals surface area contributed by atoms with Crippen molar-refractivity contribution in [2.24, 2.45) is 0 Å². The van der Waals surface area contributed by atoms with Crippen molar-refractivity contribution in [3.63, 3.8) is 0 Å². The number of hydrogen-bond acceptors (Lipinski definition) is 5. The summed E-state index contributed by atoms with van der Waals surface area (Å²) in [6.45, 7) is 1.68. The molecule has 1 unspecified atom stereocenters. The maximum atomic E-state index is 13.7. The number of hydrogen-bond donors (Lipinski definition) is 1. The van der Waals surface area contributed by atoms with Crippen molar-refractivity contribution in [1.82, 2.24) is 0 Å². The minimum Gasteiger partial charge on any atom is -0.507 e. The fourth-order valence-electron chi connectivity index (χ4n) is 3.54. The number of phenols is 1. The van der Waals surface area contributed by atoms with Crippen molar-refractivity contribution in [3.05, 3.63) is 41.5 Å². The summed E-state index contributed by atoms with van der Waals surface area (Å²) in [6.07, 6.45) is 9.02. The van der Waals surface area contributed by atoms with Gasteiger partial charge in [0.2, 0.25) is 0 Å². The molecule has 0 radical (unpaired) electrons. The Balaban J connectivity index is 1.90. The summed E-state index contributed by atoms with van der Waals surface area (Å²) in [6, 6.07) is 3.50. The van der Waals surface area contributed by atoms with E-state index in [9.17, 15) is 19.1 Å². The normalized spacial score (nSPS) is 21.8. The molecule has 0 bridgehead atoms. The van der Waals surface area contributed by atoms with Gasteiger partial charge in [-0.1, -0.05) is 12.2 Å². The van der Waals surface area contributed by atoms with Crippen LogP contribution in [0.15, 0.2) is 30.4 Å². The Hall–Kier alpha value is -2.63. The predicted octanol–water partition coefficient (Wildman–Crippen LogP) is 4.20. The third kappa shape index (κ3) is 5.00. The van der Waals surface area contributed by atoms with Crippen molar-refractivity contribution in [2.75, 3.05) is 24.6 Å². The average Bonchev–Trinajstić information content (AvgIpc) is 2.70. The highest BCUT2D eigenvalue weighted by atomic mass is 19.1. The molecule has 0 amide bonds. The first-order valence-electron chi connectivity index (χ1n) is 9.85. The number of Topliss-reactive ketones (excluding diaryl/α,β-unsaturated/α-hetero) is 1. The lowest BCUT2D eigenvalue weighted by Crippen LogP contribution is -2.29. The number of rotatable bonds is 1. The molecule has 3 rings (SSSR count). The van der Waals surface area contributed by atoms with Crippen LogP contribution >= 0.6 is 0 Å². The molecule has 1 N–H and O–H groups in total. The standard InChI is InChI=1S/C22H26FNO4/c23-18-9-7-13-28-22(27)21-16(8-3-1-4-10-19(18)25)14-17(15-20(21)26)24-11-5-2-6-12-24/h3,7-9,14-15,18,26H,1-2,4-6,10-13H2. The van der Waals surface area contributed by atoms with Crippen LogP contribution in [0.2, 0.25) is 0 Å². The van der Waals surface area contributed by atoms with Crippen LogP contribution in [0.5, 0.6) is 5.75 Å². The Bertz CT molecular complexity index is 781. The van der Waals surface area contributed by atoms with E-state index in [1.807, 2.05) is 12.1 Å². The van der Waals surface area contributed by atoms with Crippen LogP contribution in [0, 0.1) is 0 Å². The number of halogens is 1. The molecule has 2 aliphatic heterocycles. The van der Waals surface area contributed by atoms with Crippen LogP contribution in [0.4, 0.5) is 10.1 Å². The van der Waals surface area contributed by atoms with Gasteiger partial charge in [0.1, 0.15) is 17.9 Å². The third-order valence-electron chi connectivity index (χ3n) is 5.07. The van der Waals surface area contributed by atoms with Crippen molar-refractivity contribution in [3.8, 4) is 5.75 Å². The fourth-order valence-corrected chi connectivity index (χ4v) is 3.54. The topological polar surface area (TPSA) is 66.8 Å². The molecule has 150 valence electrons. The number of fused-ring (bicyclic) bond motifs is 1. The van der Waals surface area contributed by atoms with Gasteiger partial charge in [0.05, 0.1) is 0 Å². The Morgan fingerprint density at radius 1 is 1.07 bits per heavy atom. The first-order chi connectivity index (χ1) is 13.6. The van der Waals surface area contributed by atoms with Gasteiger partial charge in [-0.3, -0.25) is 4.79 Å². The molecule has 0 spiro atoms. The average molecular weight is 387 g/mol. The summed E-state index contributed by atoms with van der Waals surface area (Å²) in [5, 5.41) is 10.5. The number of ether oxygens (including phenoxy) is 1. The van der Waals surface area contributed by atoms with E-state index in [2.05, 4.69) is 4.90 Å². The number of piperidine rings is 1. The Labute approximate surface area is 164 Å². The second-order valence-electron chi connectivity index (χ2n) is 7.17. The number of esters is 1. The molecule has 0 aromatic heterocycles. The minimum atomic E-state index is -1.68. The molecule has 2 aliphatic rings. The summed E-state index contributed by atoms with van der Waals surface area (Å²) in [7, 11) is 0. The van der Waals surface area contributed by atoms with E-state index in [1.54, 1.807) is 12.1 Å². The zero-order chi connectivity index (χ0) is 19.9. The first kappa shape index (κ1) is 20.1.